The van der Waals surface area contributed by atoms with Crippen LogP contribution < -0.4 is 10.1 Å². The fourth-order valence-corrected chi connectivity index (χ4v) is 4.12. The first-order valence-electron chi connectivity index (χ1n) is 11.0. The number of thiazole rings is 1. The Morgan fingerprint density at radius 2 is 1.78 bits per heavy atom. The second-order valence-electron chi connectivity index (χ2n) is 8.72. The Kier molecular flexibility index (Phi) is 9.50. The quantitative estimate of drug-likeness (QED) is 0.407. The van der Waals surface area contributed by atoms with Gasteiger partial charge >= 0.3 is 12.1 Å². The van der Waals surface area contributed by atoms with Crippen LogP contribution in [0.25, 0.3) is 0 Å². The number of carbonyl (C=O) groups excluding carboxylic acids is 2. The lowest BCUT2D eigenvalue weighted by atomic mass is 10.1. The van der Waals surface area contributed by atoms with Crippen LogP contribution >= 0.6 is 11.3 Å². The smallest absolute Gasteiger partial charge is 0.407 e. The van der Waals surface area contributed by atoms with Gasteiger partial charge in [-0.05, 0) is 84.1 Å². The first-order valence-corrected chi connectivity index (χ1v) is 11.9. The first kappa shape index (κ1) is 25.6. The second kappa shape index (κ2) is 11.9. The summed E-state index contributed by atoms with van der Waals surface area (Å²) in [6.45, 7) is 12.9. The number of benzene rings is 1. The number of aromatic nitrogens is 1. The largest absolute Gasteiger partial charge is 0.461 e. The highest BCUT2D eigenvalue weighted by atomic mass is 32.1. The molecule has 1 aromatic heterocycles. The molecule has 0 bridgehead atoms. The molecule has 0 aliphatic heterocycles. The van der Waals surface area contributed by atoms with Gasteiger partial charge < -0.3 is 19.4 Å². The van der Waals surface area contributed by atoms with Crippen molar-refractivity contribution in [3.05, 3.63) is 45.2 Å². The maximum Gasteiger partial charge on any atom is 0.407 e. The molecule has 1 aromatic carbocycles. The predicted molar refractivity (Wildman–Crippen MR) is 127 cm³/mol. The number of esters is 1. The van der Waals surface area contributed by atoms with E-state index in [1.54, 1.807) is 6.92 Å². The number of unbranched alkanes of at least 4 members (excludes halogenated alkanes) is 2. The molecule has 1 heterocycles. The molecule has 0 aliphatic rings. The van der Waals surface area contributed by atoms with Crippen molar-refractivity contribution in [2.45, 2.75) is 73.0 Å². The minimum atomic E-state index is -0.501. The van der Waals surface area contributed by atoms with Gasteiger partial charge in [0.05, 0.1) is 12.3 Å². The van der Waals surface area contributed by atoms with Crippen molar-refractivity contribution in [1.82, 2.24) is 9.88 Å². The van der Waals surface area contributed by atoms with Crippen molar-refractivity contribution in [3.63, 3.8) is 0 Å². The number of hydrogen-bond acceptors (Lipinski definition) is 6. The van der Waals surface area contributed by atoms with Gasteiger partial charge in [0.1, 0.15) is 11.3 Å². The van der Waals surface area contributed by atoms with E-state index in [0.717, 1.165) is 40.9 Å². The van der Waals surface area contributed by atoms with Gasteiger partial charge in [-0.3, -0.25) is 0 Å². The Bertz CT molecular complexity index is 966. The molecule has 0 atom stereocenters. The summed E-state index contributed by atoms with van der Waals surface area (Å²) in [5, 5.41) is 4.58. The number of rotatable bonds is 9. The van der Waals surface area contributed by atoms with Gasteiger partial charge in [-0.2, -0.15) is 0 Å². The van der Waals surface area contributed by atoms with E-state index in [9.17, 15) is 9.59 Å². The molecule has 0 spiro atoms. The summed E-state index contributed by atoms with van der Waals surface area (Å²) in [7, 11) is 0. The van der Waals surface area contributed by atoms with Gasteiger partial charge in [-0.25, -0.2) is 14.6 Å². The van der Waals surface area contributed by atoms with Crippen LogP contribution in [0, 0.1) is 13.8 Å². The van der Waals surface area contributed by atoms with E-state index >= 15 is 0 Å². The van der Waals surface area contributed by atoms with Crippen LogP contribution in [0.1, 0.15) is 68.6 Å². The third-order valence-corrected chi connectivity index (χ3v) is 5.30. The summed E-state index contributed by atoms with van der Waals surface area (Å²) in [6.07, 6.45) is 2.16. The number of alkyl carbamates (subject to hydrolysis) is 1. The molecular weight excluding hydrogens is 426 g/mol. The van der Waals surface area contributed by atoms with E-state index in [1.165, 1.54) is 11.3 Å². The summed E-state index contributed by atoms with van der Waals surface area (Å²) >= 11 is 1.44. The average molecular weight is 462 g/mol. The Morgan fingerprint density at radius 3 is 2.41 bits per heavy atom. The first-order chi connectivity index (χ1) is 15.1. The van der Waals surface area contributed by atoms with E-state index in [2.05, 4.69) is 11.4 Å². The highest BCUT2D eigenvalue weighted by Crippen LogP contribution is 2.17. The summed E-state index contributed by atoms with van der Waals surface area (Å²) in [4.78, 5) is 29.7. The molecule has 0 saturated heterocycles. The topological polar surface area (TPSA) is 81.9 Å². The average Bonchev–Trinajstić information content (AvgIpc) is 3.05. The van der Waals surface area contributed by atoms with E-state index in [4.69, 9.17) is 14.5 Å². The van der Waals surface area contributed by atoms with Crippen molar-refractivity contribution in [1.29, 1.82) is 0 Å². The van der Waals surface area contributed by atoms with Gasteiger partial charge in [-0.1, -0.05) is 6.07 Å². The zero-order valence-electron chi connectivity index (χ0n) is 20.0. The van der Waals surface area contributed by atoms with Gasteiger partial charge in [0.15, 0.2) is 4.80 Å². The molecule has 0 aliphatic carbocycles. The number of carbonyl (C=O) groups is 2. The highest BCUT2D eigenvalue weighted by Gasteiger charge is 2.16. The van der Waals surface area contributed by atoms with Crippen molar-refractivity contribution in [2.75, 3.05) is 13.2 Å². The van der Waals surface area contributed by atoms with Gasteiger partial charge in [0.2, 0.25) is 0 Å². The lowest BCUT2D eigenvalue weighted by Crippen LogP contribution is -2.33. The summed E-state index contributed by atoms with van der Waals surface area (Å²) in [5.41, 5.74) is 3.19. The molecule has 2 aromatic rings. The van der Waals surface area contributed by atoms with Crippen molar-refractivity contribution in [3.8, 4) is 0 Å². The zero-order chi connectivity index (χ0) is 23.7. The molecule has 8 heteroatoms. The highest BCUT2D eigenvalue weighted by molar-refractivity contribution is 7.07. The summed E-state index contributed by atoms with van der Waals surface area (Å²) in [6, 6.07) is 6.17. The van der Waals surface area contributed by atoms with Crippen LogP contribution in [0.15, 0.2) is 28.6 Å². The van der Waals surface area contributed by atoms with Crippen molar-refractivity contribution < 1.29 is 19.1 Å². The van der Waals surface area contributed by atoms with Crippen molar-refractivity contribution >= 4 is 29.1 Å². The number of ether oxygens (including phenoxy) is 2. The zero-order valence-corrected chi connectivity index (χ0v) is 20.8. The molecule has 2 rings (SSSR count). The lowest BCUT2D eigenvalue weighted by molar-refractivity contribution is 0.0506. The Hall–Kier alpha value is -2.61. The van der Waals surface area contributed by atoms with Crippen LogP contribution in [0.4, 0.5) is 10.5 Å². The van der Waals surface area contributed by atoms with Crippen LogP contribution in [0.2, 0.25) is 0 Å². The molecule has 0 fully saturated rings. The van der Waals surface area contributed by atoms with Gasteiger partial charge in [0.25, 0.3) is 0 Å². The maximum atomic E-state index is 12.4. The molecule has 0 radical (unpaired) electrons. The van der Waals surface area contributed by atoms with Crippen LogP contribution in [-0.2, 0) is 16.0 Å². The number of amides is 1. The van der Waals surface area contributed by atoms with Gasteiger partial charge in [0, 0.05) is 18.5 Å². The molecule has 7 nitrogen and oxygen atoms in total. The minimum absolute atomic E-state index is 0.328. The number of hydrogen-bond donors (Lipinski definition) is 1. The Balaban J connectivity index is 2.05. The normalized spacial score (nSPS) is 12.0. The van der Waals surface area contributed by atoms with E-state index in [-0.39, 0.29) is 5.97 Å². The standard InChI is InChI=1S/C24H35N3O4S/c1-7-30-21(28)20-16-32-22(26-19-14-17(2)13-18(3)15-19)27(20)12-10-8-9-11-25-23(29)31-24(4,5)6/h13-16H,7-12H2,1-6H3,(H,25,29)/b26-22-. The third kappa shape index (κ3) is 8.49. The van der Waals surface area contributed by atoms with Crippen LogP contribution in [0.5, 0.6) is 0 Å². The number of nitrogens with one attached hydrogen (secondary N) is 1. The van der Waals surface area contributed by atoms with Crippen LogP contribution in [-0.4, -0.2) is 35.4 Å². The van der Waals surface area contributed by atoms with Gasteiger partial charge in [-0.15, -0.1) is 11.3 Å². The molecular formula is C24H35N3O4S. The SMILES string of the molecule is CCOC(=O)c1cs/c(=N\c2cc(C)cc(C)c2)n1CCCCCNC(=O)OC(C)(C)C. The lowest BCUT2D eigenvalue weighted by Gasteiger charge is -2.19. The maximum absolute atomic E-state index is 12.4. The molecule has 0 saturated carbocycles. The fourth-order valence-electron chi connectivity index (χ4n) is 3.21. The van der Waals surface area contributed by atoms with Crippen molar-refractivity contribution in [2.24, 2.45) is 4.99 Å². The molecule has 32 heavy (non-hydrogen) atoms. The van der Waals surface area contributed by atoms with E-state index in [0.29, 0.717) is 25.4 Å². The predicted octanol–water partition coefficient (Wildman–Crippen LogP) is 5.27. The second-order valence-corrected chi connectivity index (χ2v) is 9.56. The van der Waals surface area contributed by atoms with E-state index < -0.39 is 11.7 Å². The van der Waals surface area contributed by atoms with E-state index in [1.807, 2.05) is 56.7 Å². The molecule has 1 N–H and O–H groups in total. The summed E-state index contributed by atoms with van der Waals surface area (Å²) < 4.78 is 12.4. The monoisotopic (exact) mass is 461 g/mol. The minimum Gasteiger partial charge on any atom is -0.461 e. The summed E-state index contributed by atoms with van der Waals surface area (Å²) in [5.74, 6) is -0.336. The Labute approximate surface area is 194 Å². The fraction of sp³-hybridized carbons (Fsp3) is 0.542. The number of aryl methyl sites for hydroxylation is 2. The van der Waals surface area contributed by atoms with Crippen LogP contribution in [0.3, 0.4) is 0 Å². The third-order valence-electron chi connectivity index (χ3n) is 4.44. The molecule has 1 amide bonds. The molecule has 0 unspecified atom stereocenters. The molecule has 176 valence electrons. The number of nitrogens with zero attached hydrogens (tertiary/aromatic N) is 2. The Morgan fingerprint density at radius 1 is 1.09 bits per heavy atom.